The highest BCUT2D eigenvalue weighted by Gasteiger charge is 2.36. The quantitative estimate of drug-likeness (QED) is 0.300. The summed E-state index contributed by atoms with van der Waals surface area (Å²) in [5.41, 5.74) is 8.47. The molecule has 4 aromatic rings. The summed E-state index contributed by atoms with van der Waals surface area (Å²) in [6, 6.07) is 8.78. The number of ether oxygens (including phenoxy) is 1. The molecule has 5 rings (SSSR count). The number of hydrogen-bond acceptors (Lipinski definition) is 2. The molecular weight excluding hydrogens is 358 g/mol. The average molecular weight is 387 g/mol. The Morgan fingerprint density at radius 2 is 1.79 bits per heavy atom. The zero-order valence-corrected chi connectivity index (χ0v) is 18.4. The van der Waals surface area contributed by atoms with E-state index in [0.29, 0.717) is 0 Å². The maximum Gasteiger partial charge on any atom is 0.381 e. The number of benzene rings is 2. The molecule has 0 radical (unpaired) electrons. The van der Waals surface area contributed by atoms with Crippen LogP contribution in [0, 0.1) is 26.2 Å². The predicted molar refractivity (Wildman–Crippen MR) is 118 cm³/mol. The van der Waals surface area contributed by atoms with Crippen molar-refractivity contribution >= 4 is 21.9 Å². The Balaban J connectivity index is 1.99. The van der Waals surface area contributed by atoms with E-state index in [1.807, 2.05) is 0 Å². The number of furan rings is 1. The molecule has 1 aliphatic heterocycles. The third kappa shape index (κ3) is 2.60. The molecule has 1 aliphatic rings. The van der Waals surface area contributed by atoms with Crippen molar-refractivity contribution in [3.05, 3.63) is 52.8 Å². The summed E-state index contributed by atoms with van der Waals surface area (Å²) in [7, 11) is 2.09. The first-order valence-corrected chi connectivity index (χ1v) is 10.3. The third-order valence-corrected chi connectivity index (χ3v) is 6.12. The SMILES string of the molecule is Cc1cc2c3c(c(C)c(C)cc3c1)-c1c(c(CC(C)(C)C)c3ccoc3[n+]1C)O2. The molecule has 2 aromatic heterocycles. The van der Waals surface area contributed by atoms with E-state index >= 15 is 0 Å². The lowest BCUT2D eigenvalue weighted by Crippen LogP contribution is -2.34. The van der Waals surface area contributed by atoms with Crippen molar-refractivity contribution in [2.45, 2.75) is 48.0 Å². The van der Waals surface area contributed by atoms with Gasteiger partial charge in [-0.15, -0.1) is 0 Å². The number of pyridine rings is 1. The lowest BCUT2D eigenvalue weighted by atomic mass is 9.84. The minimum Gasteiger partial charge on any atom is -0.449 e. The van der Waals surface area contributed by atoms with Crippen molar-refractivity contribution in [1.29, 1.82) is 0 Å². The zero-order chi connectivity index (χ0) is 20.7. The topological polar surface area (TPSA) is 26.2 Å². The van der Waals surface area contributed by atoms with Gasteiger partial charge < -0.3 is 9.15 Å². The van der Waals surface area contributed by atoms with Crippen molar-refractivity contribution in [3.63, 3.8) is 0 Å². The van der Waals surface area contributed by atoms with E-state index < -0.39 is 0 Å². The maximum atomic E-state index is 6.70. The van der Waals surface area contributed by atoms with Gasteiger partial charge in [0.2, 0.25) is 5.75 Å². The van der Waals surface area contributed by atoms with E-state index in [2.05, 4.69) is 77.4 Å². The molecule has 29 heavy (non-hydrogen) atoms. The largest absolute Gasteiger partial charge is 0.449 e. The minimum absolute atomic E-state index is 0.130. The van der Waals surface area contributed by atoms with Crippen LogP contribution in [0.2, 0.25) is 0 Å². The number of aromatic nitrogens is 1. The lowest BCUT2D eigenvalue weighted by molar-refractivity contribution is -0.640. The summed E-state index contributed by atoms with van der Waals surface area (Å²) in [6.07, 6.45) is 2.71. The number of hydrogen-bond donors (Lipinski definition) is 0. The second-order valence-electron chi connectivity index (χ2n) is 9.75. The van der Waals surface area contributed by atoms with Crippen LogP contribution < -0.4 is 9.30 Å². The van der Waals surface area contributed by atoms with Crippen LogP contribution in [0.4, 0.5) is 0 Å². The Labute approximate surface area is 171 Å². The van der Waals surface area contributed by atoms with E-state index in [4.69, 9.17) is 9.15 Å². The standard InChI is InChI=1S/C26H28NO2/c1-14-10-17-12-15(2)16(3)21-22(17)20(11-14)29-24-19(13-26(4,5)6)18-8-9-28-25(18)27(7)23(21)24/h8-12H,13H2,1-7H3/q+1. The molecule has 0 saturated carbocycles. The summed E-state index contributed by atoms with van der Waals surface area (Å²) in [5.74, 6) is 1.94. The molecule has 0 atom stereocenters. The highest BCUT2D eigenvalue weighted by Crippen LogP contribution is 2.51. The Bertz CT molecular complexity index is 1320. The molecule has 2 aromatic carbocycles. The van der Waals surface area contributed by atoms with Crippen LogP contribution in [0.3, 0.4) is 0 Å². The van der Waals surface area contributed by atoms with Crippen molar-refractivity contribution < 1.29 is 13.7 Å². The number of nitrogens with zero attached hydrogens (tertiary/aromatic N) is 1. The van der Waals surface area contributed by atoms with Gasteiger partial charge in [0.05, 0.1) is 17.2 Å². The van der Waals surface area contributed by atoms with Crippen molar-refractivity contribution in [1.82, 2.24) is 0 Å². The number of rotatable bonds is 1. The maximum absolute atomic E-state index is 6.70. The first kappa shape index (κ1) is 18.2. The predicted octanol–water partition coefficient (Wildman–Crippen LogP) is 6.70. The second-order valence-corrected chi connectivity index (χ2v) is 9.75. The lowest BCUT2D eigenvalue weighted by Gasteiger charge is -2.26. The summed E-state index contributed by atoms with van der Waals surface area (Å²) in [6.45, 7) is 13.4. The highest BCUT2D eigenvalue weighted by molar-refractivity contribution is 6.06. The van der Waals surface area contributed by atoms with Gasteiger partial charge in [0.1, 0.15) is 12.8 Å². The fourth-order valence-electron chi connectivity index (χ4n) is 4.78. The van der Waals surface area contributed by atoms with Gasteiger partial charge in [0.25, 0.3) is 5.69 Å². The van der Waals surface area contributed by atoms with Gasteiger partial charge >= 0.3 is 5.71 Å². The Morgan fingerprint density at radius 3 is 2.52 bits per heavy atom. The van der Waals surface area contributed by atoms with Gasteiger partial charge in [0.15, 0.2) is 0 Å². The Hall–Kier alpha value is -2.81. The normalized spacial score (nSPS) is 13.1. The van der Waals surface area contributed by atoms with Crippen molar-refractivity contribution in [2.24, 2.45) is 12.5 Å². The number of aryl methyl sites for hydroxylation is 3. The van der Waals surface area contributed by atoms with Gasteiger partial charge in [0, 0.05) is 10.9 Å². The van der Waals surface area contributed by atoms with E-state index in [0.717, 1.165) is 34.7 Å². The van der Waals surface area contributed by atoms with Crippen LogP contribution in [0.5, 0.6) is 11.5 Å². The van der Waals surface area contributed by atoms with Gasteiger partial charge in [-0.05, 0) is 66.8 Å². The Kier molecular flexibility index (Phi) is 3.68. The second kappa shape index (κ2) is 5.85. The molecule has 3 nitrogen and oxygen atoms in total. The van der Waals surface area contributed by atoms with E-state index in [1.165, 1.54) is 38.6 Å². The minimum atomic E-state index is 0.130. The van der Waals surface area contributed by atoms with Crippen LogP contribution >= 0.6 is 0 Å². The molecule has 3 heterocycles. The third-order valence-electron chi connectivity index (χ3n) is 6.12. The summed E-state index contributed by atoms with van der Waals surface area (Å²) in [5, 5.41) is 3.58. The molecule has 0 amide bonds. The highest BCUT2D eigenvalue weighted by atomic mass is 16.5. The average Bonchev–Trinajstić information content (AvgIpc) is 3.11. The van der Waals surface area contributed by atoms with Crippen LogP contribution in [0.15, 0.2) is 34.9 Å². The van der Waals surface area contributed by atoms with Crippen LogP contribution in [-0.4, -0.2) is 0 Å². The summed E-state index contributed by atoms with van der Waals surface area (Å²) < 4.78 is 14.8. The first-order chi connectivity index (χ1) is 13.7. The molecule has 0 aliphatic carbocycles. The first-order valence-electron chi connectivity index (χ1n) is 10.3. The summed E-state index contributed by atoms with van der Waals surface area (Å²) >= 11 is 0. The zero-order valence-electron chi connectivity index (χ0n) is 18.4. The molecule has 0 N–H and O–H groups in total. The van der Waals surface area contributed by atoms with Gasteiger partial charge in [-0.1, -0.05) is 32.9 Å². The van der Waals surface area contributed by atoms with E-state index in [1.54, 1.807) is 6.26 Å². The van der Waals surface area contributed by atoms with Gasteiger partial charge in [-0.2, -0.15) is 4.57 Å². The fourth-order valence-corrected chi connectivity index (χ4v) is 4.78. The molecule has 0 unspecified atom stereocenters. The molecule has 0 fully saturated rings. The fraction of sp³-hybridized carbons (Fsp3) is 0.346. The smallest absolute Gasteiger partial charge is 0.381 e. The van der Waals surface area contributed by atoms with Crippen molar-refractivity contribution in [3.8, 4) is 22.8 Å². The monoisotopic (exact) mass is 386 g/mol. The van der Waals surface area contributed by atoms with Gasteiger partial charge in [-0.25, -0.2) is 0 Å². The van der Waals surface area contributed by atoms with Crippen LogP contribution in [-0.2, 0) is 13.5 Å². The van der Waals surface area contributed by atoms with Gasteiger partial charge in [-0.3, -0.25) is 0 Å². The molecule has 3 heteroatoms. The molecule has 0 saturated heterocycles. The Morgan fingerprint density at radius 1 is 1.03 bits per heavy atom. The molecular formula is C26H28NO2+. The van der Waals surface area contributed by atoms with Crippen molar-refractivity contribution in [2.75, 3.05) is 0 Å². The van der Waals surface area contributed by atoms with Crippen LogP contribution in [0.25, 0.3) is 33.1 Å². The van der Waals surface area contributed by atoms with E-state index in [9.17, 15) is 0 Å². The molecule has 0 spiro atoms. The van der Waals surface area contributed by atoms with E-state index in [-0.39, 0.29) is 5.41 Å². The molecule has 0 bridgehead atoms. The van der Waals surface area contributed by atoms with Crippen LogP contribution in [0.1, 0.15) is 43.0 Å². The molecule has 148 valence electrons. The summed E-state index contributed by atoms with van der Waals surface area (Å²) in [4.78, 5) is 0. The number of fused-ring (bicyclic) bond motifs is 3.